The summed E-state index contributed by atoms with van der Waals surface area (Å²) in [6.07, 6.45) is 7.32. The highest BCUT2D eigenvalue weighted by Gasteiger charge is 2.12. The van der Waals surface area contributed by atoms with Crippen molar-refractivity contribution in [2.75, 3.05) is 23.8 Å². The molecular formula is C14H21N7O2. The number of nitrogens with two attached hydrogens (primary N) is 1. The molecule has 2 heterocycles. The number of rotatable bonds is 9. The van der Waals surface area contributed by atoms with E-state index in [0.29, 0.717) is 18.3 Å². The summed E-state index contributed by atoms with van der Waals surface area (Å²) in [5.41, 5.74) is 6.33. The number of aromatic nitrogens is 4. The molecule has 9 nitrogen and oxygen atoms in total. The molecule has 2 aromatic rings. The minimum Gasteiger partial charge on any atom is -0.396 e. The van der Waals surface area contributed by atoms with Gasteiger partial charge in [0.05, 0.1) is 17.4 Å². The zero-order valence-electron chi connectivity index (χ0n) is 13.0. The lowest BCUT2D eigenvalue weighted by molar-refractivity contribution is 0.100. The van der Waals surface area contributed by atoms with Gasteiger partial charge in [0.15, 0.2) is 0 Å². The number of nitrogens with zero attached hydrogens (tertiary/aromatic N) is 4. The number of aliphatic hydroxyl groups excluding tert-OH is 1. The minimum atomic E-state index is -0.587. The van der Waals surface area contributed by atoms with Crippen molar-refractivity contribution in [1.82, 2.24) is 19.7 Å². The molecule has 0 aliphatic rings. The molecule has 2 rings (SSSR count). The molecule has 0 aliphatic heterocycles. The number of aryl methyl sites for hydroxylation is 1. The number of primary amides is 1. The Hall–Kier alpha value is -2.68. The Balaban J connectivity index is 2.06. The average molecular weight is 319 g/mol. The number of hydrogen-bond acceptors (Lipinski definition) is 7. The van der Waals surface area contributed by atoms with Crippen LogP contribution < -0.4 is 16.4 Å². The molecule has 124 valence electrons. The molecule has 0 radical (unpaired) electrons. The molecule has 0 aliphatic carbocycles. The fourth-order valence-electron chi connectivity index (χ4n) is 1.99. The number of carbonyl (C=O) groups excluding carboxylic acids is 1. The van der Waals surface area contributed by atoms with E-state index in [9.17, 15) is 4.79 Å². The Bertz CT molecular complexity index is 656. The molecule has 0 spiro atoms. The van der Waals surface area contributed by atoms with Gasteiger partial charge in [0.1, 0.15) is 5.82 Å². The Morgan fingerprint density at radius 3 is 2.83 bits per heavy atom. The molecule has 2 aromatic heterocycles. The third-order valence-corrected chi connectivity index (χ3v) is 3.14. The molecule has 23 heavy (non-hydrogen) atoms. The van der Waals surface area contributed by atoms with Gasteiger partial charge in [-0.3, -0.25) is 9.48 Å². The molecular weight excluding hydrogens is 298 g/mol. The fourth-order valence-corrected chi connectivity index (χ4v) is 1.99. The minimum absolute atomic E-state index is 0.180. The number of aliphatic hydroxyl groups is 1. The first-order chi connectivity index (χ1) is 11.1. The smallest absolute Gasteiger partial charge is 0.254 e. The van der Waals surface area contributed by atoms with Crippen LogP contribution in [0.15, 0.2) is 18.6 Å². The van der Waals surface area contributed by atoms with Gasteiger partial charge in [-0.2, -0.15) is 10.1 Å². The summed E-state index contributed by atoms with van der Waals surface area (Å²) in [4.78, 5) is 19.9. The normalized spacial score (nSPS) is 10.5. The summed E-state index contributed by atoms with van der Waals surface area (Å²) in [5.74, 6) is 0.152. The lowest BCUT2D eigenvalue weighted by Gasteiger charge is -2.10. The van der Waals surface area contributed by atoms with Gasteiger partial charge in [0, 0.05) is 32.6 Å². The molecule has 0 saturated carbocycles. The first-order valence-corrected chi connectivity index (χ1v) is 7.37. The van der Waals surface area contributed by atoms with Crippen molar-refractivity contribution < 1.29 is 9.90 Å². The van der Waals surface area contributed by atoms with Crippen molar-refractivity contribution in [3.8, 4) is 0 Å². The van der Waals surface area contributed by atoms with E-state index < -0.39 is 5.91 Å². The highest BCUT2D eigenvalue weighted by atomic mass is 16.2. The Kier molecular flexibility index (Phi) is 5.87. The van der Waals surface area contributed by atoms with Crippen LogP contribution in [0.5, 0.6) is 0 Å². The molecule has 0 aromatic carbocycles. The summed E-state index contributed by atoms with van der Waals surface area (Å²) >= 11 is 0. The van der Waals surface area contributed by atoms with Crippen molar-refractivity contribution in [3.63, 3.8) is 0 Å². The lowest BCUT2D eigenvalue weighted by Crippen LogP contribution is -2.17. The van der Waals surface area contributed by atoms with Crippen molar-refractivity contribution in [1.29, 1.82) is 0 Å². The van der Waals surface area contributed by atoms with Gasteiger partial charge in [0.2, 0.25) is 5.95 Å². The van der Waals surface area contributed by atoms with Gasteiger partial charge in [-0.25, -0.2) is 4.98 Å². The monoisotopic (exact) mass is 319 g/mol. The van der Waals surface area contributed by atoms with Crippen LogP contribution in [0.3, 0.4) is 0 Å². The third-order valence-electron chi connectivity index (χ3n) is 3.14. The van der Waals surface area contributed by atoms with Gasteiger partial charge < -0.3 is 21.5 Å². The molecule has 0 fully saturated rings. The molecule has 9 heteroatoms. The van der Waals surface area contributed by atoms with E-state index >= 15 is 0 Å². The number of unbranched alkanes of at least 4 members (excludes halogenated alkanes) is 2. The van der Waals surface area contributed by atoms with Crippen LogP contribution in [-0.4, -0.2) is 43.9 Å². The van der Waals surface area contributed by atoms with Crippen LogP contribution in [0.4, 0.5) is 17.5 Å². The van der Waals surface area contributed by atoms with E-state index in [1.54, 1.807) is 17.1 Å². The Labute approximate surface area is 133 Å². The van der Waals surface area contributed by atoms with Crippen molar-refractivity contribution in [3.05, 3.63) is 24.2 Å². The maximum Gasteiger partial charge on any atom is 0.254 e. The topological polar surface area (TPSA) is 131 Å². The number of amides is 1. The highest BCUT2D eigenvalue weighted by molar-refractivity contribution is 5.97. The van der Waals surface area contributed by atoms with Gasteiger partial charge in [-0.15, -0.1) is 0 Å². The largest absolute Gasteiger partial charge is 0.396 e. The van der Waals surface area contributed by atoms with Crippen LogP contribution in [0, 0.1) is 0 Å². The SMILES string of the molecule is Cn1cc(Nc2ncc(C(N)=O)c(NCCCCCO)n2)cn1. The van der Waals surface area contributed by atoms with E-state index in [4.69, 9.17) is 10.8 Å². The molecule has 0 unspecified atom stereocenters. The lowest BCUT2D eigenvalue weighted by atomic mass is 10.2. The van der Waals surface area contributed by atoms with Crippen LogP contribution in [0.1, 0.15) is 29.6 Å². The van der Waals surface area contributed by atoms with Gasteiger partial charge in [-0.1, -0.05) is 0 Å². The van der Waals surface area contributed by atoms with E-state index in [1.807, 2.05) is 7.05 Å². The van der Waals surface area contributed by atoms with Gasteiger partial charge >= 0.3 is 0 Å². The van der Waals surface area contributed by atoms with Crippen molar-refractivity contribution >= 4 is 23.4 Å². The second-order valence-corrected chi connectivity index (χ2v) is 5.06. The average Bonchev–Trinajstić information content (AvgIpc) is 2.92. The predicted octanol–water partition coefficient (Wildman–Crippen LogP) is 0.627. The van der Waals surface area contributed by atoms with Gasteiger partial charge in [0.25, 0.3) is 5.91 Å². The second kappa shape index (κ2) is 8.08. The summed E-state index contributed by atoms with van der Waals surface area (Å²) in [6, 6.07) is 0. The highest BCUT2D eigenvalue weighted by Crippen LogP contribution is 2.17. The van der Waals surface area contributed by atoms with E-state index in [0.717, 1.165) is 24.9 Å². The van der Waals surface area contributed by atoms with Crippen LogP contribution in [0.2, 0.25) is 0 Å². The van der Waals surface area contributed by atoms with Crippen LogP contribution >= 0.6 is 0 Å². The Morgan fingerprint density at radius 1 is 1.35 bits per heavy atom. The number of nitrogens with one attached hydrogen (secondary N) is 2. The van der Waals surface area contributed by atoms with E-state index in [-0.39, 0.29) is 12.2 Å². The number of carbonyl (C=O) groups is 1. The molecule has 0 bridgehead atoms. The zero-order valence-corrected chi connectivity index (χ0v) is 13.0. The first-order valence-electron chi connectivity index (χ1n) is 7.37. The summed E-state index contributed by atoms with van der Waals surface area (Å²) in [7, 11) is 1.81. The quantitative estimate of drug-likeness (QED) is 0.498. The summed E-state index contributed by atoms with van der Waals surface area (Å²) in [6.45, 7) is 0.808. The number of anilines is 3. The Morgan fingerprint density at radius 2 is 2.17 bits per heavy atom. The summed E-state index contributed by atoms with van der Waals surface area (Å²) < 4.78 is 1.65. The maximum atomic E-state index is 11.5. The predicted molar refractivity (Wildman–Crippen MR) is 86.5 cm³/mol. The second-order valence-electron chi connectivity index (χ2n) is 5.06. The van der Waals surface area contributed by atoms with Crippen molar-refractivity contribution in [2.24, 2.45) is 12.8 Å². The van der Waals surface area contributed by atoms with E-state index in [1.165, 1.54) is 6.20 Å². The zero-order chi connectivity index (χ0) is 16.7. The summed E-state index contributed by atoms with van der Waals surface area (Å²) in [5, 5.41) is 18.9. The van der Waals surface area contributed by atoms with E-state index in [2.05, 4.69) is 25.7 Å². The number of hydrogen-bond donors (Lipinski definition) is 4. The maximum absolute atomic E-state index is 11.5. The molecule has 1 amide bonds. The van der Waals surface area contributed by atoms with Crippen LogP contribution in [-0.2, 0) is 7.05 Å². The van der Waals surface area contributed by atoms with Crippen molar-refractivity contribution in [2.45, 2.75) is 19.3 Å². The fraction of sp³-hybridized carbons (Fsp3) is 0.429. The molecule has 5 N–H and O–H groups in total. The molecule has 0 saturated heterocycles. The van der Waals surface area contributed by atoms with Crippen LogP contribution in [0.25, 0.3) is 0 Å². The first kappa shape index (κ1) is 16.7. The third kappa shape index (κ3) is 4.92. The van der Waals surface area contributed by atoms with Gasteiger partial charge in [-0.05, 0) is 19.3 Å². The standard InChI is InChI=1S/C14H21N7O2/c1-21-9-10(7-18-21)19-14-17-8-11(12(15)23)13(20-14)16-5-3-2-4-6-22/h7-9,22H,2-6H2,1H3,(H2,15,23)(H2,16,17,19,20). The molecule has 0 atom stereocenters.